The molecule has 5 nitrogen and oxygen atoms in total. The summed E-state index contributed by atoms with van der Waals surface area (Å²) in [7, 11) is 0. The summed E-state index contributed by atoms with van der Waals surface area (Å²) in [5, 5.41) is 4.29. The largest absolute Gasteiger partial charge is 0.323 e. The van der Waals surface area contributed by atoms with Crippen molar-refractivity contribution in [2.24, 2.45) is 0 Å². The van der Waals surface area contributed by atoms with E-state index in [-0.39, 0.29) is 28.8 Å². The van der Waals surface area contributed by atoms with E-state index in [4.69, 9.17) is 4.98 Å². The Morgan fingerprint density at radius 1 is 1.26 bits per heavy atom. The van der Waals surface area contributed by atoms with Crippen LogP contribution in [0.4, 0.5) is 10.1 Å². The maximum absolute atomic E-state index is 14.1. The van der Waals surface area contributed by atoms with Gasteiger partial charge in [0.1, 0.15) is 10.8 Å². The molecule has 0 bridgehead atoms. The summed E-state index contributed by atoms with van der Waals surface area (Å²) in [6.45, 7) is 1.98. The van der Waals surface area contributed by atoms with Gasteiger partial charge in [-0.2, -0.15) is 0 Å². The molecule has 3 aromatic rings. The second kappa shape index (κ2) is 9.87. The predicted octanol–water partition coefficient (Wildman–Crippen LogP) is 6.31. The number of rotatable bonds is 5. The first kappa shape index (κ1) is 23.6. The zero-order valence-electron chi connectivity index (χ0n) is 18.5. The summed E-state index contributed by atoms with van der Waals surface area (Å²) < 4.78 is 16.4. The van der Waals surface area contributed by atoms with Crippen molar-refractivity contribution in [3.8, 4) is 5.69 Å². The Kier molecular flexibility index (Phi) is 6.86. The van der Waals surface area contributed by atoms with Gasteiger partial charge in [-0.05, 0) is 55.7 Å². The van der Waals surface area contributed by atoms with E-state index in [1.807, 2.05) is 31.2 Å². The second-order valence-electron chi connectivity index (χ2n) is 8.60. The highest BCUT2D eigenvalue weighted by atomic mass is 79.9. The van der Waals surface area contributed by atoms with Gasteiger partial charge in [0, 0.05) is 15.6 Å². The number of aryl methyl sites for hydroxylation is 1. The van der Waals surface area contributed by atoms with Crippen molar-refractivity contribution in [3.63, 3.8) is 0 Å². The van der Waals surface area contributed by atoms with Crippen LogP contribution in [0.5, 0.6) is 0 Å². The molecule has 2 heterocycles. The van der Waals surface area contributed by atoms with Gasteiger partial charge in [0.2, 0.25) is 5.91 Å². The van der Waals surface area contributed by atoms with Gasteiger partial charge in [-0.3, -0.25) is 14.2 Å². The minimum Gasteiger partial charge on any atom is -0.323 e. The van der Waals surface area contributed by atoms with E-state index in [0.29, 0.717) is 14.9 Å². The van der Waals surface area contributed by atoms with Crippen molar-refractivity contribution in [2.75, 3.05) is 11.1 Å². The highest BCUT2D eigenvalue weighted by Crippen LogP contribution is 2.50. The fourth-order valence-corrected chi connectivity index (χ4v) is 7.32. The monoisotopic (exact) mass is 559 g/mol. The average molecular weight is 561 g/mol. The first-order valence-electron chi connectivity index (χ1n) is 11.2. The molecule has 1 aliphatic heterocycles. The number of nitrogens with zero attached hydrogens (tertiary/aromatic N) is 2. The number of anilines is 1. The lowest BCUT2D eigenvalue weighted by molar-refractivity contribution is -0.113. The second-order valence-corrected chi connectivity index (χ2v) is 11.7. The number of halogens is 2. The highest BCUT2D eigenvalue weighted by Gasteiger charge is 2.39. The number of amides is 1. The minimum absolute atomic E-state index is 0.00404. The number of thioether (sulfide) groups is 2. The van der Waals surface area contributed by atoms with E-state index in [2.05, 4.69) is 21.2 Å². The maximum atomic E-state index is 14.1. The summed E-state index contributed by atoms with van der Waals surface area (Å²) >= 11 is 6.11. The van der Waals surface area contributed by atoms with Gasteiger partial charge in [0.05, 0.1) is 22.7 Å². The van der Waals surface area contributed by atoms with Gasteiger partial charge < -0.3 is 5.32 Å². The standard InChI is InChI=1S/C25H23BrFN3O2S2/c1-14-5-4-6-16(11-14)30-24(32)22-17-7-2-3-8-20(17)34-23(22)29-25(30)33-13-21(31)28-19-10-9-15(26)12-18(19)27/h4-6,9-12,17,20H,2-3,7-8,13H2,1H3,(H,28,31)/t17-,20-/m0/s1. The predicted molar refractivity (Wildman–Crippen MR) is 139 cm³/mol. The molecule has 176 valence electrons. The van der Waals surface area contributed by atoms with Crippen LogP contribution in [0.3, 0.4) is 0 Å². The highest BCUT2D eigenvalue weighted by molar-refractivity contribution is 9.10. The molecule has 1 aliphatic carbocycles. The number of aromatic nitrogens is 2. The molecule has 2 aromatic carbocycles. The number of carbonyl (C=O) groups is 1. The fourth-order valence-electron chi connectivity index (χ4n) is 4.61. The third-order valence-corrected chi connectivity index (χ3v) is 9.02. The van der Waals surface area contributed by atoms with Crippen molar-refractivity contribution >= 4 is 51.0 Å². The van der Waals surface area contributed by atoms with Gasteiger partial charge in [0.15, 0.2) is 5.16 Å². The maximum Gasteiger partial charge on any atom is 0.263 e. The quantitative estimate of drug-likeness (QED) is 0.225. The molecule has 2 atom stereocenters. The van der Waals surface area contributed by atoms with E-state index in [1.165, 1.54) is 30.3 Å². The van der Waals surface area contributed by atoms with Crippen LogP contribution < -0.4 is 10.9 Å². The molecular weight excluding hydrogens is 537 g/mol. The lowest BCUT2D eigenvalue weighted by Gasteiger charge is -2.24. The molecule has 34 heavy (non-hydrogen) atoms. The number of hydrogen-bond donors (Lipinski definition) is 1. The molecule has 5 rings (SSSR count). The topological polar surface area (TPSA) is 64.0 Å². The van der Waals surface area contributed by atoms with Crippen LogP contribution in [0, 0.1) is 12.7 Å². The summed E-state index contributed by atoms with van der Waals surface area (Å²) in [5.74, 6) is -0.631. The van der Waals surface area contributed by atoms with Gasteiger partial charge in [0.25, 0.3) is 5.56 Å². The lowest BCUT2D eigenvalue weighted by Crippen LogP contribution is -2.29. The van der Waals surface area contributed by atoms with Gasteiger partial charge in [-0.15, -0.1) is 11.8 Å². The normalized spacial score (nSPS) is 18.9. The Labute approximate surface area is 214 Å². The molecule has 1 aromatic heterocycles. The molecule has 1 amide bonds. The Balaban J connectivity index is 1.47. The molecule has 1 N–H and O–H groups in total. The van der Waals surface area contributed by atoms with E-state index < -0.39 is 5.82 Å². The molecule has 1 fully saturated rings. The molecule has 0 unspecified atom stereocenters. The van der Waals surface area contributed by atoms with Crippen LogP contribution in [-0.4, -0.2) is 26.5 Å². The number of fused-ring (bicyclic) bond motifs is 3. The van der Waals surface area contributed by atoms with Crippen LogP contribution in [0.15, 0.2) is 61.9 Å². The van der Waals surface area contributed by atoms with Crippen molar-refractivity contribution in [2.45, 2.75) is 54.0 Å². The van der Waals surface area contributed by atoms with Crippen molar-refractivity contribution in [1.29, 1.82) is 0 Å². The number of hydrogen-bond acceptors (Lipinski definition) is 5. The Morgan fingerprint density at radius 3 is 2.88 bits per heavy atom. The minimum atomic E-state index is -0.515. The number of nitrogens with one attached hydrogen (secondary N) is 1. The van der Waals surface area contributed by atoms with E-state index in [0.717, 1.165) is 41.1 Å². The van der Waals surface area contributed by atoms with Crippen LogP contribution in [0.1, 0.15) is 42.7 Å². The molecular formula is C25H23BrFN3O2S2. The summed E-state index contributed by atoms with van der Waals surface area (Å²) in [4.78, 5) is 31.3. The van der Waals surface area contributed by atoms with Crippen LogP contribution in [0.25, 0.3) is 5.69 Å². The average Bonchev–Trinajstić information content (AvgIpc) is 3.18. The third kappa shape index (κ3) is 4.70. The van der Waals surface area contributed by atoms with E-state index in [9.17, 15) is 14.0 Å². The first-order valence-corrected chi connectivity index (χ1v) is 13.8. The van der Waals surface area contributed by atoms with Crippen molar-refractivity contribution < 1.29 is 9.18 Å². The Hall–Kier alpha value is -2.10. The lowest BCUT2D eigenvalue weighted by atomic mass is 9.85. The van der Waals surface area contributed by atoms with E-state index >= 15 is 0 Å². The van der Waals surface area contributed by atoms with Gasteiger partial charge >= 0.3 is 0 Å². The molecule has 0 saturated heterocycles. The van der Waals surface area contributed by atoms with Gasteiger partial charge in [-0.1, -0.05) is 52.7 Å². The van der Waals surface area contributed by atoms with Gasteiger partial charge in [-0.25, -0.2) is 9.37 Å². The summed E-state index contributed by atoms with van der Waals surface area (Å²) in [6.07, 6.45) is 4.43. The van der Waals surface area contributed by atoms with Crippen LogP contribution >= 0.6 is 39.5 Å². The Bertz CT molecular complexity index is 1330. The molecule has 2 aliphatic rings. The van der Waals surface area contributed by atoms with Crippen LogP contribution in [0.2, 0.25) is 0 Å². The first-order chi connectivity index (χ1) is 16.4. The number of benzene rings is 2. The SMILES string of the molecule is Cc1cccc(-n2c(SCC(=O)Nc3ccc(Br)cc3F)nc3c(c2=O)[C@H]2CCCC[C@@H]2S3)c1. The zero-order chi connectivity index (χ0) is 23.8. The molecule has 1 saturated carbocycles. The molecule has 0 spiro atoms. The Morgan fingerprint density at radius 2 is 2.09 bits per heavy atom. The smallest absolute Gasteiger partial charge is 0.263 e. The van der Waals surface area contributed by atoms with Crippen molar-refractivity contribution in [1.82, 2.24) is 9.55 Å². The molecule has 0 radical (unpaired) electrons. The molecule has 9 heteroatoms. The fraction of sp³-hybridized carbons (Fsp3) is 0.320. The van der Waals surface area contributed by atoms with Crippen molar-refractivity contribution in [3.05, 3.63) is 74.2 Å². The zero-order valence-corrected chi connectivity index (χ0v) is 21.7. The summed E-state index contributed by atoms with van der Waals surface area (Å²) in [5.41, 5.74) is 2.67. The van der Waals surface area contributed by atoms with E-state index in [1.54, 1.807) is 22.4 Å². The number of carbonyl (C=O) groups excluding carboxylic acids is 1. The van der Waals surface area contributed by atoms with Crippen LogP contribution in [-0.2, 0) is 4.79 Å². The summed E-state index contributed by atoms with van der Waals surface area (Å²) in [6, 6.07) is 12.2. The third-order valence-electron chi connectivity index (χ3n) is 6.19.